The molecular formula is C38H30N4O6S. The van der Waals surface area contributed by atoms with E-state index in [0.29, 0.717) is 33.0 Å². The van der Waals surface area contributed by atoms with Gasteiger partial charge in [-0.1, -0.05) is 54.6 Å². The van der Waals surface area contributed by atoms with Crippen molar-refractivity contribution in [3.05, 3.63) is 172 Å². The third-order valence-electron chi connectivity index (χ3n) is 7.19. The second-order valence-electron chi connectivity index (χ2n) is 10.7. The first kappa shape index (κ1) is 34.0. The maximum atomic E-state index is 13.6. The van der Waals surface area contributed by atoms with Crippen LogP contribution in [0.5, 0.6) is 0 Å². The van der Waals surface area contributed by atoms with E-state index in [1.54, 1.807) is 72.8 Å². The van der Waals surface area contributed by atoms with E-state index in [9.17, 15) is 29.3 Å². The van der Waals surface area contributed by atoms with Gasteiger partial charge in [0.25, 0.3) is 17.5 Å². The molecule has 0 aromatic heterocycles. The average Bonchev–Trinajstić information content (AvgIpc) is 3.11. The summed E-state index contributed by atoms with van der Waals surface area (Å²) < 4.78 is 0. The molecular weight excluding hydrogens is 641 g/mol. The third-order valence-corrected chi connectivity index (χ3v) is 8.44. The quantitative estimate of drug-likeness (QED) is 0.0406. The van der Waals surface area contributed by atoms with Gasteiger partial charge in [0.2, 0.25) is 5.91 Å². The highest BCUT2D eigenvalue weighted by atomic mass is 32.2. The number of Topliss-reactive ketones (excluding diaryl/α,β-unsaturated/α-hetero) is 1. The van der Waals surface area contributed by atoms with Crippen molar-refractivity contribution in [2.75, 3.05) is 10.6 Å². The summed E-state index contributed by atoms with van der Waals surface area (Å²) in [6.07, 6.45) is 1.43. The van der Waals surface area contributed by atoms with Crippen LogP contribution in [0, 0.1) is 10.1 Å². The number of hydrogen-bond acceptors (Lipinski definition) is 7. The van der Waals surface area contributed by atoms with Gasteiger partial charge < -0.3 is 16.0 Å². The highest BCUT2D eigenvalue weighted by Crippen LogP contribution is 2.37. The number of thioether (sulfide) groups is 1. The molecule has 5 aromatic carbocycles. The van der Waals surface area contributed by atoms with Gasteiger partial charge in [0.15, 0.2) is 5.78 Å². The number of carbonyl (C=O) groups is 4. The van der Waals surface area contributed by atoms with Crippen LogP contribution in [-0.4, -0.2) is 28.4 Å². The van der Waals surface area contributed by atoms with Gasteiger partial charge in [-0.3, -0.25) is 29.3 Å². The Kier molecular flexibility index (Phi) is 11.1. The standard InChI is InChI=1S/C38H30N4O6S/c1-25(43)27-17-19-30(20-18-27)39-38(46)35(28-9-4-2-5-10-28)49-33-14-8-13-31(24-33)40-37(45)34(41-36(44)29-11-6-3-7-12-29)23-26-15-21-32(22-16-26)42(47)48/h2-24,35H,1H3,(H,39,46)(H,40,45)(H,41,44)/b34-23+. The molecule has 0 fully saturated rings. The van der Waals surface area contributed by atoms with E-state index in [0.717, 1.165) is 5.56 Å². The van der Waals surface area contributed by atoms with Crippen molar-refractivity contribution < 1.29 is 24.1 Å². The van der Waals surface area contributed by atoms with Crippen molar-refractivity contribution in [1.29, 1.82) is 0 Å². The number of amides is 3. The first-order valence-electron chi connectivity index (χ1n) is 15.0. The number of nitro groups is 1. The number of ketones is 1. The van der Waals surface area contributed by atoms with Crippen molar-refractivity contribution in [3.63, 3.8) is 0 Å². The lowest BCUT2D eigenvalue weighted by Gasteiger charge is -2.18. The molecule has 49 heavy (non-hydrogen) atoms. The highest BCUT2D eigenvalue weighted by molar-refractivity contribution is 8.00. The zero-order valence-electron chi connectivity index (χ0n) is 26.2. The lowest BCUT2D eigenvalue weighted by atomic mass is 10.1. The first-order valence-corrected chi connectivity index (χ1v) is 15.9. The van der Waals surface area contributed by atoms with Crippen LogP contribution in [0.15, 0.2) is 144 Å². The maximum absolute atomic E-state index is 13.6. The van der Waals surface area contributed by atoms with E-state index < -0.39 is 22.0 Å². The Hall–Kier alpha value is -6.33. The monoisotopic (exact) mass is 670 g/mol. The molecule has 0 saturated heterocycles. The Morgan fingerprint density at radius 2 is 1.37 bits per heavy atom. The van der Waals surface area contributed by atoms with E-state index in [1.807, 2.05) is 36.4 Å². The molecule has 3 amide bonds. The number of nitrogens with one attached hydrogen (secondary N) is 3. The highest BCUT2D eigenvalue weighted by Gasteiger charge is 2.23. The number of nitrogens with zero attached hydrogens (tertiary/aromatic N) is 1. The average molecular weight is 671 g/mol. The largest absolute Gasteiger partial charge is 0.325 e. The summed E-state index contributed by atoms with van der Waals surface area (Å²) in [5.74, 6) is -1.50. The van der Waals surface area contributed by atoms with Gasteiger partial charge in [-0.05, 0) is 90.9 Å². The predicted molar refractivity (Wildman–Crippen MR) is 190 cm³/mol. The Balaban J connectivity index is 1.37. The van der Waals surface area contributed by atoms with Crippen LogP contribution in [-0.2, 0) is 9.59 Å². The van der Waals surface area contributed by atoms with Crippen molar-refractivity contribution in [2.45, 2.75) is 17.1 Å². The minimum atomic E-state index is -0.664. The molecule has 0 aliphatic heterocycles. The molecule has 0 radical (unpaired) electrons. The molecule has 5 rings (SSSR count). The Morgan fingerprint density at radius 3 is 2.00 bits per heavy atom. The topological polar surface area (TPSA) is 148 Å². The number of non-ortho nitro benzene ring substituents is 1. The molecule has 0 heterocycles. The van der Waals surface area contributed by atoms with Crippen molar-refractivity contribution >= 4 is 58.4 Å². The summed E-state index contributed by atoms with van der Waals surface area (Å²) >= 11 is 1.28. The summed E-state index contributed by atoms with van der Waals surface area (Å²) in [5, 5.41) is 18.8. The van der Waals surface area contributed by atoms with Gasteiger partial charge in [0, 0.05) is 39.5 Å². The Bertz CT molecular complexity index is 2020. The van der Waals surface area contributed by atoms with Crippen molar-refractivity contribution in [2.24, 2.45) is 0 Å². The molecule has 11 heteroatoms. The first-order chi connectivity index (χ1) is 23.7. The molecule has 244 valence electrons. The number of hydrogen-bond donors (Lipinski definition) is 3. The molecule has 3 N–H and O–H groups in total. The van der Waals surface area contributed by atoms with E-state index >= 15 is 0 Å². The SMILES string of the molecule is CC(=O)c1ccc(NC(=O)C(Sc2cccc(NC(=O)/C(=C\c3ccc([N+](=O)[O-])cc3)NC(=O)c3ccccc3)c2)c2ccccc2)cc1. The van der Waals surface area contributed by atoms with Crippen LogP contribution in [0.3, 0.4) is 0 Å². The summed E-state index contributed by atoms with van der Waals surface area (Å²) in [7, 11) is 0. The van der Waals surface area contributed by atoms with Crippen LogP contribution in [0.2, 0.25) is 0 Å². The fourth-order valence-corrected chi connectivity index (χ4v) is 5.76. The molecule has 5 aromatic rings. The molecule has 0 spiro atoms. The molecule has 0 saturated carbocycles. The Morgan fingerprint density at radius 1 is 0.714 bits per heavy atom. The van der Waals surface area contributed by atoms with Gasteiger partial charge in [-0.2, -0.15) is 0 Å². The van der Waals surface area contributed by atoms with Crippen LogP contribution < -0.4 is 16.0 Å². The van der Waals surface area contributed by atoms with Crippen LogP contribution in [0.4, 0.5) is 17.1 Å². The Labute approximate surface area is 286 Å². The number of nitro benzene ring substituents is 1. The van der Waals surface area contributed by atoms with Crippen molar-refractivity contribution in [1.82, 2.24) is 5.32 Å². The van der Waals surface area contributed by atoms with Gasteiger partial charge >= 0.3 is 0 Å². The molecule has 0 aliphatic rings. The molecule has 10 nitrogen and oxygen atoms in total. The van der Waals surface area contributed by atoms with Gasteiger partial charge in [0.1, 0.15) is 10.9 Å². The molecule has 1 unspecified atom stereocenters. The lowest BCUT2D eigenvalue weighted by molar-refractivity contribution is -0.384. The minimum Gasteiger partial charge on any atom is -0.325 e. The zero-order valence-corrected chi connectivity index (χ0v) is 27.0. The zero-order chi connectivity index (χ0) is 34.8. The fourth-order valence-electron chi connectivity index (χ4n) is 4.68. The maximum Gasteiger partial charge on any atom is 0.272 e. The summed E-state index contributed by atoms with van der Waals surface area (Å²) in [6.45, 7) is 1.48. The van der Waals surface area contributed by atoms with E-state index in [-0.39, 0.29) is 23.1 Å². The summed E-state index contributed by atoms with van der Waals surface area (Å²) in [5.41, 5.74) is 2.85. The fraction of sp³-hybridized carbons (Fsp3) is 0.0526. The van der Waals surface area contributed by atoms with E-state index in [1.165, 1.54) is 49.0 Å². The predicted octanol–water partition coefficient (Wildman–Crippen LogP) is 7.68. The number of rotatable bonds is 12. The van der Waals surface area contributed by atoms with Crippen LogP contribution in [0.25, 0.3) is 6.08 Å². The van der Waals surface area contributed by atoms with Crippen LogP contribution in [0.1, 0.15) is 44.0 Å². The second kappa shape index (κ2) is 16.0. The third kappa shape index (κ3) is 9.37. The summed E-state index contributed by atoms with van der Waals surface area (Å²) in [4.78, 5) is 63.1. The van der Waals surface area contributed by atoms with Gasteiger partial charge in [-0.25, -0.2) is 0 Å². The molecule has 1 atom stereocenters. The summed E-state index contributed by atoms with van der Waals surface area (Å²) in [6, 6.07) is 36.8. The minimum absolute atomic E-state index is 0.0740. The van der Waals surface area contributed by atoms with E-state index in [2.05, 4.69) is 16.0 Å². The number of anilines is 2. The number of benzene rings is 5. The number of carbonyl (C=O) groups excluding carboxylic acids is 4. The normalized spacial score (nSPS) is 11.6. The van der Waals surface area contributed by atoms with E-state index in [4.69, 9.17) is 0 Å². The van der Waals surface area contributed by atoms with Gasteiger partial charge in [0.05, 0.1) is 4.92 Å². The smallest absolute Gasteiger partial charge is 0.272 e. The van der Waals surface area contributed by atoms with Gasteiger partial charge in [-0.15, -0.1) is 11.8 Å². The molecule has 0 bridgehead atoms. The second-order valence-corrected chi connectivity index (χ2v) is 11.9. The van der Waals surface area contributed by atoms with Crippen molar-refractivity contribution in [3.8, 4) is 0 Å². The molecule has 0 aliphatic carbocycles. The van der Waals surface area contributed by atoms with Crippen LogP contribution >= 0.6 is 11.8 Å². The lowest BCUT2D eigenvalue weighted by Crippen LogP contribution is -2.30.